The molecule has 1 aliphatic rings. The summed E-state index contributed by atoms with van der Waals surface area (Å²) in [6.07, 6.45) is 3.38. The van der Waals surface area contributed by atoms with Gasteiger partial charge in [0.05, 0.1) is 13.2 Å². The lowest BCUT2D eigenvalue weighted by Crippen LogP contribution is -2.38. The lowest BCUT2D eigenvalue weighted by atomic mass is 10.1. The highest BCUT2D eigenvalue weighted by Crippen LogP contribution is 2.28. The quantitative estimate of drug-likeness (QED) is 0.346. The molecule has 0 unspecified atom stereocenters. The second-order valence-corrected chi connectivity index (χ2v) is 5.58. The van der Waals surface area contributed by atoms with Gasteiger partial charge in [-0.05, 0) is 57.7 Å². The van der Waals surface area contributed by atoms with Gasteiger partial charge >= 0.3 is 0 Å². The summed E-state index contributed by atoms with van der Waals surface area (Å²) in [5.41, 5.74) is 1.21. The van der Waals surface area contributed by atoms with E-state index in [1.54, 1.807) is 0 Å². The largest absolute Gasteiger partial charge is 0.490 e. The van der Waals surface area contributed by atoms with Crippen molar-refractivity contribution in [3.05, 3.63) is 23.8 Å². The fraction of sp³-hybridized carbons (Fsp3) is 0.611. The summed E-state index contributed by atoms with van der Waals surface area (Å²) in [6.45, 7) is 8.97. The van der Waals surface area contributed by atoms with E-state index in [-0.39, 0.29) is 24.0 Å². The van der Waals surface area contributed by atoms with Gasteiger partial charge in [0, 0.05) is 19.1 Å². The van der Waals surface area contributed by atoms with Crippen molar-refractivity contribution in [1.82, 2.24) is 10.6 Å². The van der Waals surface area contributed by atoms with Crippen LogP contribution in [0, 0.1) is 0 Å². The molecule has 0 amide bonds. The summed E-state index contributed by atoms with van der Waals surface area (Å²) < 4.78 is 11.3. The van der Waals surface area contributed by atoms with Crippen LogP contribution in [0.15, 0.2) is 23.2 Å². The Balaban J connectivity index is 0.00000288. The van der Waals surface area contributed by atoms with Crippen molar-refractivity contribution in [2.75, 3.05) is 26.3 Å². The molecule has 0 atom stereocenters. The molecule has 2 rings (SSSR count). The number of hydrogen-bond donors (Lipinski definition) is 2. The maximum atomic E-state index is 5.67. The van der Waals surface area contributed by atoms with Gasteiger partial charge in [-0.25, -0.2) is 0 Å². The predicted octanol–water partition coefficient (Wildman–Crippen LogP) is 3.36. The minimum atomic E-state index is 0. The van der Waals surface area contributed by atoms with Crippen LogP contribution in [0.4, 0.5) is 0 Å². The number of rotatable bonds is 9. The van der Waals surface area contributed by atoms with Crippen LogP contribution in [0.1, 0.15) is 39.2 Å². The molecule has 2 N–H and O–H groups in total. The van der Waals surface area contributed by atoms with Crippen LogP contribution in [0.2, 0.25) is 0 Å². The summed E-state index contributed by atoms with van der Waals surface area (Å²) >= 11 is 0. The Kier molecular flexibility index (Phi) is 9.90. The molecule has 24 heavy (non-hydrogen) atoms. The van der Waals surface area contributed by atoms with Gasteiger partial charge in [-0.3, -0.25) is 4.99 Å². The third kappa shape index (κ3) is 7.15. The smallest absolute Gasteiger partial charge is 0.191 e. The van der Waals surface area contributed by atoms with Crippen molar-refractivity contribution in [3.63, 3.8) is 0 Å². The van der Waals surface area contributed by atoms with Crippen LogP contribution >= 0.6 is 24.0 Å². The van der Waals surface area contributed by atoms with Crippen LogP contribution in [0.3, 0.4) is 0 Å². The molecule has 1 aromatic carbocycles. The molecule has 0 bridgehead atoms. The van der Waals surface area contributed by atoms with Crippen LogP contribution < -0.4 is 20.1 Å². The number of guanidine groups is 1. The number of benzene rings is 1. The zero-order valence-corrected chi connectivity index (χ0v) is 17.3. The molecular weight excluding hydrogens is 417 g/mol. The molecule has 1 aliphatic carbocycles. The maximum Gasteiger partial charge on any atom is 0.191 e. The van der Waals surface area contributed by atoms with Gasteiger partial charge in [0.1, 0.15) is 0 Å². The topological polar surface area (TPSA) is 54.9 Å². The maximum absolute atomic E-state index is 5.67. The standard InChI is InChI=1S/C18H29N3O2.HI/c1-4-19-18(21-15-8-9-15)20-12-11-14-7-10-16(22-5-2)17(13-14)23-6-3;/h7,10,13,15H,4-6,8-9,11-12H2,1-3H3,(H2,19,20,21);1H. The summed E-state index contributed by atoms with van der Waals surface area (Å²) in [4.78, 5) is 4.65. The number of ether oxygens (including phenoxy) is 2. The molecule has 1 saturated carbocycles. The number of nitrogens with zero attached hydrogens (tertiary/aromatic N) is 1. The molecule has 1 fully saturated rings. The summed E-state index contributed by atoms with van der Waals surface area (Å²) in [7, 11) is 0. The Morgan fingerprint density at radius 2 is 1.83 bits per heavy atom. The molecule has 1 aromatic rings. The van der Waals surface area contributed by atoms with E-state index in [9.17, 15) is 0 Å². The van der Waals surface area contributed by atoms with E-state index in [4.69, 9.17) is 9.47 Å². The SMILES string of the molecule is CCNC(=NCCc1ccc(OCC)c(OCC)c1)NC1CC1.I. The van der Waals surface area contributed by atoms with E-state index in [1.165, 1.54) is 18.4 Å². The van der Waals surface area contributed by atoms with E-state index in [0.717, 1.165) is 37.0 Å². The van der Waals surface area contributed by atoms with Gasteiger partial charge < -0.3 is 20.1 Å². The molecule has 0 radical (unpaired) electrons. The fourth-order valence-electron chi connectivity index (χ4n) is 2.29. The Morgan fingerprint density at radius 3 is 2.46 bits per heavy atom. The van der Waals surface area contributed by atoms with E-state index in [2.05, 4.69) is 34.7 Å². The van der Waals surface area contributed by atoms with E-state index in [0.29, 0.717) is 19.3 Å². The first-order chi connectivity index (χ1) is 11.3. The average Bonchev–Trinajstić information content (AvgIpc) is 3.34. The predicted molar refractivity (Wildman–Crippen MR) is 110 cm³/mol. The molecule has 0 aliphatic heterocycles. The van der Waals surface area contributed by atoms with Crippen molar-refractivity contribution in [2.45, 2.75) is 46.1 Å². The summed E-state index contributed by atoms with van der Waals surface area (Å²) in [5, 5.41) is 6.72. The first-order valence-corrected chi connectivity index (χ1v) is 8.70. The lowest BCUT2D eigenvalue weighted by molar-refractivity contribution is 0.287. The van der Waals surface area contributed by atoms with Crippen LogP contribution in [-0.4, -0.2) is 38.3 Å². The van der Waals surface area contributed by atoms with Crippen molar-refractivity contribution >= 4 is 29.9 Å². The molecule has 136 valence electrons. The van der Waals surface area contributed by atoms with Gasteiger partial charge in [-0.1, -0.05) is 6.07 Å². The molecular formula is C18H30IN3O2. The monoisotopic (exact) mass is 447 g/mol. The van der Waals surface area contributed by atoms with Crippen LogP contribution in [0.5, 0.6) is 11.5 Å². The molecule has 0 saturated heterocycles. The molecule has 0 aromatic heterocycles. The first-order valence-electron chi connectivity index (χ1n) is 8.70. The normalized spacial score (nSPS) is 13.9. The highest BCUT2D eigenvalue weighted by Gasteiger charge is 2.21. The Hall–Kier alpha value is -1.18. The average molecular weight is 447 g/mol. The molecule has 0 spiro atoms. The van der Waals surface area contributed by atoms with E-state index in [1.807, 2.05) is 19.9 Å². The van der Waals surface area contributed by atoms with Crippen LogP contribution in [0.25, 0.3) is 0 Å². The van der Waals surface area contributed by atoms with Crippen molar-refractivity contribution in [3.8, 4) is 11.5 Å². The van der Waals surface area contributed by atoms with E-state index >= 15 is 0 Å². The van der Waals surface area contributed by atoms with Gasteiger partial charge in [0.25, 0.3) is 0 Å². The summed E-state index contributed by atoms with van der Waals surface area (Å²) in [6, 6.07) is 6.75. The minimum Gasteiger partial charge on any atom is -0.490 e. The third-order valence-electron chi connectivity index (χ3n) is 3.54. The van der Waals surface area contributed by atoms with Crippen molar-refractivity contribution in [1.29, 1.82) is 0 Å². The highest BCUT2D eigenvalue weighted by atomic mass is 127. The minimum absolute atomic E-state index is 0. The number of aliphatic imine (C=N–C) groups is 1. The zero-order valence-electron chi connectivity index (χ0n) is 14.9. The Bertz CT molecular complexity index is 519. The van der Waals surface area contributed by atoms with Gasteiger partial charge in [-0.2, -0.15) is 0 Å². The van der Waals surface area contributed by atoms with Crippen molar-refractivity contribution in [2.24, 2.45) is 4.99 Å². The summed E-state index contributed by atoms with van der Waals surface area (Å²) in [5.74, 6) is 2.55. The van der Waals surface area contributed by atoms with E-state index < -0.39 is 0 Å². The van der Waals surface area contributed by atoms with Gasteiger partial charge in [0.2, 0.25) is 0 Å². The number of halogens is 1. The van der Waals surface area contributed by atoms with Crippen LogP contribution in [-0.2, 0) is 6.42 Å². The fourth-order valence-corrected chi connectivity index (χ4v) is 2.29. The van der Waals surface area contributed by atoms with Gasteiger partial charge in [0.15, 0.2) is 17.5 Å². The molecule has 0 heterocycles. The molecule has 6 heteroatoms. The van der Waals surface area contributed by atoms with Crippen molar-refractivity contribution < 1.29 is 9.47 Å². The number of hydrogen-bond acceptors (Lipinski definition) is 3. The lowest BCUT2D eigenvalue weighted by Gasteiger charge is -2.12. The Morgan fingerprint density at radius 1 is 1.12 bits per heavy atom. The second-order valence-electron chi connectivity index (χ2n) is 5.58. The second kappa shape index (κ2) is 11.4. The van der Waals surface area contributed by atoms with Gasteiger partial charge in [-0.15, -0.1) is 24.0 Å². The molecule has 5 nitrogen and oxygen atoms in total. The zero-order chi connectivity index (χ0) is 16.5. The first kappa shape index (κ1) is 20.9. The highest BCUT2D eigenvalue weighted by molar-refractivity contribution is 14.0. The Labute approximate surface area is 162 Å². The third-order valence-corrected chi connectivity index (χ3v) is 3.54. The number of nitrogens with one attached hydrogen (secondary N) is 2.